The van der Waals surface area contributed by atoms with Crippen molar-refractivity contribution in [3.63, 3.8) is 0 Å². The first-order valence-electron chi connectivity index (χ1n) is 4.90. The van der Waals surface area contributed by atoms with Gasteiger partial charge in [0.1, 0.15) is 0 Å². The monoisotopic (exact) mass is 209 g/mol. The van der Waals surface area contributed by atoms with Crippen LogP contribution >= 0.6 is 0 Å². The van der Waals surface area contributed by atoms with Crippen molar-refractivity contribution in [1.29, 1.82) is 0 Å². The molecule has 1 atom stereocenters. The molecule has 0 amide bonds. The lowest BCUT2D eigenvalue weighted by molar-refractivity contribution is -0.150. The number of hydrogen-bond acceptors (Lipinski definition) is 4. The minimum Gasteiger partial charge on any atom is -0.463 e. The largest absolute Gasteiger partial charge is 0.463 e. The molecule has 15 heavy (non-hydrogen) atoms. The average molecular weight is 209 g/mol. The Morgan fingerprint density at radius 2 is 2.27 bits per heavy atom. The van der Waals surface area contributed by atoms with Crippen LogP contribution in [0.15, 0.2) is 18.2 Å². The molecule has 0 saturated heterocycles. The normalized spacial score (nSPS) is 11.9. The molecule has 1 aromatic rings. The molecular formula is C11H15NO3. The molecule has 1 aromatic heterocycles. The molecule has 1 unspecified atom stereocenters. The molecule has 0 N–H and O–H groups in total. The van der Waals surface area contributed by atoms with Gasteiger partial charge < -0.3 is 9.47 Å². The first-order valence-corrected chi connectivity index (χ1v) is 4.90. The Hall–Kier alpha value is -1.58. The number of carbonyl (C=O) groups excluding carboxylic acids is 1. The van der Waals surface area contributed by atoms with Gasteiger partial charge in [-0.25, -0.2) is 9.78 Å². The van der Waals surface area contributed by atoms with Crippen molar-refractivity contribution in [3.8, 4) is 5.88 Å². The molecule has 0 aliphatic heterocycles. The summed E-state index contributed by atoms with van der Waals surface area (Å²) >= 11 is 0. The minimum absolute atomic E-state index is 0.355. The van der Waals surface area contributed by atoms with Gasteiger partial charge in [-0.3, -0.25) is 0 Å². The smallest absolute Gasteiger partial charge is 0.347 e. The van der Waals surface area contributed by atoms with E-state index in [1.165, 1.54) is 0 Å². The van der Waals surface area contributed by atoms with E-state index >= 15 is 0 Å². The Balaban J connectivity index is 2.58. The number of esters is 1. The second kappa shape index (κ2) is 5.34. The molecule has 0 radical (unpaired) electrons. The number of pyridine rings is 1. The lowest BCUT2D eigenvalue weighted by Gasteiger charge is -2.12. The van der Waals surface area contributed by atoms with Gasteiger partial charge >= 0.3 is 5.97 Å². The molecule has 4 nitrogen and oxygen atoms in total. The van der Waals surface area contributed by atoms with Crippen molar-refractivity contribution in [3.05, 3.63) is 23.9 Å². The van der Waals surface area contributed by atoms with Gasteiger partial charge in [-0.1, -0.05) is 6.07 Å². The fraction of sp³-hybridized carbons (Fsp3) is 0.455. The van der Waals surface area contributed by atoms with Crippen LogP contribution in [0.25, 0.3) is 0 Å². The van der Waals surface area contributed by atoms with E-state index in [1.807, 2.05) is 19.1 Å². The van der Waals surface area contributed by atoms with Crippen LogP contribution < -0.4 is 4.74 Å². The van der Waals surface area contributed by atoms with E-state index in [0.29, 0.717) is 12.5 Å². The number of rotatable bonds is 4. The van der Waals surface area contributed by atoms with E-state index in [4.69, 9.17) is 9.47 Å². The van der Waals surface area contributed by atoms with Crippen molar-refractivity contribution in [2.24, 2.45) is 0 Å². The highest BCUT2D eigenvalue weighted by Crippen LogP contribution is 2.09. The third-order valence-corrected chi connectivity index (χ3v) is 1.78. The average Bonchev–Trinajstić information content (AvgIpc) is 2.18. The molecule has 0 saturated carbocycles. The lowest BCUT2D eigenvalue weighted by atomic mass is 10.4. The topological polar surface area (TPSA) is 48.4 Å². The molecule has 0 spiro atoms. The summed E-state index contributed by atoms with van der Waals surface area (Å²) in [4.78, 5) is 15.4. The van der Waals surface area contributed by atoms with E-state index < -0.39 is 6.10 Å². The maximum atomic E-state index is 11.3. The standard InChI is InChI=1S/C11H15NO3/c1-4-14-11(13)9(3)15-10-7-5-6-8(2)12-10/h5-7,9H,4H2,1-3H3. The molecule has 0 aliphatic carbocycles. The van der Waals surface area contributed by atoms with Gasteiger partial charge in [-0.05, 0) is 26.8 Å². The molecule has 0 fully saturated rings. The van der Waals surface area contributed by atoms with Crippen LogP contribution in [0.4, 0.5) is 0 Å². The molecule has 0 bridgehead atoms. The summed E-state index contributed by atoms with van der Waals surface area (Å²) in [5, 5.41) is 0. The van der Waals surface area contributed by atoms with Crippen LogP contribution in [0, 0.1) is 6.92 Å². The van der Waals surface area contributed by atoms with Crippen LogP contribution in [-0.2, 0) is 9.53 Å². The maximum Gasteiger partial charge on any atom is 0.347 e. The molecule has 0 aliphatic rings. The predicted molar refractivity (Wildman–Crippen MR) is 55.7 cm³/mol. The van der Waals surface area contributed by atoms with E-state index in [0.717, 1.165) is 5.69 Å². The number of hydrogen-bond donors (Lipinski definition) is 0. The Bertz CT molecular complexity index is 338. The van der Waals surface area contributed by atoms with Gasteiger partial charge in [0.15, 0.2) is 6.10 Å². The quantitative estimate of drug-likeness (QED) is 0.708. The van der Waals surface area contributed by atoms with Gasteiger partial charge in [-0.15, -0.1) is 0 Å². The Morgan fingerprint density at radius 1 is 1.53 bits per heavy atom. The third-order valence-electron chi connectivity index (χ3n) is 1.78. The fourth-order valence-electron chi connectivity index (χ4n) is 1.07. The van der Waals surface area contributed by atoms with Crippen LogP contribution in [0.2, 0.25) is 0 Å². The summed E-state index contributed by atoms with van der Waals surface area (Å²) in [6, 6.07) is 5.40. The van der Waals surface area contributed by atoms with Crippen LogP contribution in [0.5, 0.6) is 5.88 Å². The molecule has 1 rings (SSSR count). The van der Waals surface area contributed by atoms with E-state index in [-0.39, 0.29) is 5.97 Å². The highest BCUT2D eigenvalue weighted by atomic mass is 16.6. The van der Waals surface area contributed by atoms with Crippen molar-refractivity contribution in [2.75, 3.05) is 6.61 Å². The van der Waals surface area contributed by atoms with Crippen LogP contribution in [-0.4, -0.2) is 23.7 Å². The zero-order valence-corrected chi connectivity index (χ0v) is 9.19. The molecule has 4 heteroatoms. The summed E-state index contributed by atoms with van der Waals surface area (Å²) < 4.78 is 10.1. The molecule has 82 valence electrons. The van der Waals surface area contributed by atoms with E-state index in [2.05, 4.69) is 4.98 Å². The predicted octanol–water partition coefficient (Wildman–Crippen LogP) is 1.72. The number of aromatic nitrogens is 1. The van der Waals surface area contributed by atoms with Crippen LogP contribution in [0.1, 0.15) is 19.5 Å². The summed E-state index contributed by atoms with van der Waals surface area (Å²) in [6.07, 6.45) is -0.626. The Labute approximate surface area is 89.2 Å². The first-order chi connectivity index (χ1) is 7.13. The summed E-state index contributed by atoms with van der Waals surface area (Å²) in [6.45, 7) is 5.62. The van der Waals surface area contributed by atoms with Crippen LogP contribution in [0.3, 0.4) is 0 Å². The zero-order chi connectivity index (χ0) is 11.3. The SMILES string of the molecule is CCOC(=O)C(C)Oc1cccc(C)n1. The van der Waals surface area contributed by atoms with E-state index in [1.54, 1.807) is 19.9 Å². The number of carbonyl (C=O) groups is 1. The number of ether oxygens (including phenoxy) is 2. The molecule has 1 heterocycles. The second-order valence-corrected chi connectivity index (χ2v) is 3.13. The zero-order valence-electron chi connectivity index (χ0n) is 9.19. The Kier molecular flexibility index (Phi) is 4.09. The maximum absolute atomic E-state index is 11.3. The van der Waals surface area contributed by atoms with Crippen molar-refractivity contribution >= 4 is 5.97 Å². The molecular weight excluding hydrogens is 194 g/mol. The first kappa shape index (κ1) is 11.5. The Morgan fingerprint density at radius 3 is 2.87 bits per heavy atom. The second-order valence-electron chi connectivity index (χ2n) is 3.13. The van der Waals surface area contributed by atoms with Gasteiger partial charge in [-0.2, -0.15) is 0 Å². The van der Waals surface area contributed by atoms with Gasteiger partial charge in [0.25, 0.3) is 0 Å². The third kappa shape index (κ3) is 3.58. The molecule has 0 aromatic carbocycles. The highest BCUT2D eigenvalue weighted by molar-refractivity contribution is 5.74. The number of nitrogens with zero attached hydrogens (tertiary/aromatic N) is 1. The highest BCUT2D eigenvalue weighted by Gasteiger charge is 2.15. The lowest BCUT2D eigenvalue weighted by Crippen LogP contribution is -2.26. The minimum atomic E-state index is -0.626. The summed E-state index contributed by atoms with van der Waals surface area (Å²) in [5.74, 6) is 0.0661. The van der Waals surface area contributed by atoms with Gasteiger partial charge in [0, 0.05) is 11.8 Å². The van der Waals surface area contributed by atoms with Crippen molar-refractivity contribution in [2.45, 2.75) is 26.9 Å². The van der Waals surface area contributed by atoms with Gasteiger partial charge in [0.05, 0.1) is 6.61 Å². The summed E-state index contributed by atoms with van der Waals surface area (Å²) in [5.41, 5.74) is 0.851. The summed E-state index contributed by atoms with van der Waals surface area (Å²) in [7, 11) is 0. The number of aryl methyl sites for hydroxylation is 1. The van der Waals surface area contributed by atoms with Gasteiger partial charge in [0.2, 0.25) is 5.88 Å². The van der Waals surface area contributed by atoms with Crippen molar-refractivity contribution in [1.82, 2.24) is 4.98 Å². The van der Waals surface area contributed by atoms with Crippen molar-refractivity contribution < 1.29 is 14.3 Å². The fourth-order valence-corrected chi connectivity index (χ4v) is 1.07. The van der Waals surface area contributed by atoms with E-state index in [9.17, 15) is 4.79 Å².